The van der Waals surface area contributed by atoms with Gasteiger partial charge >= 0.3 is 0 Å². The lowest BCUT2D eigenvalue weighted by atomic mass is 10.1. The molecule has 2 atom stereocenters. The third-order valence-electron chi connectivity index (χ3n) is 3.64. The second-order valence-electron chi connectivity index (χ2n) is 5.37. The third kappa shape index (κ3) is 3.38. The highest BCUT2D eigenvalue weighted by Crippen LogP contribution is 2.24. The summed E-state index contributed by atoms with van der Waals surface area (Å²) in [5.41, 5.74) is 1.63. The van der Waals surface area contributed by atoms with Crippen molar-refractivity contribution in [3.63, 3.8) is 0 Å². The van der Waals surface area contributed by atoms with E-state index in [0.717, 1.165) is 24.1 Å². The van der Waals surface area contributed by atoms with Crippen LogP contribution in [0.2, 0.25) is 5.15 Å². The molecular weight excluding hydrogens is 262 g/mol. The number of aromatic nitrogens is 2. The van der Waals surface area contributed by atoms with E-state index in [4.69, 9.17) is 11.6 Å². The monoisotopic (exact) mass is 281 g/mol. The van der Waals surface area contributed by atoms with E-state index in [9.17, 15) is 4.79 Å². The van der Waals surface area contributed by atoms with Gasteiger partial charge in [0.15, 0.2) is 0 Å². The number of nitrogens with zero attached hydrogens (tertiary/aromatic N) is 2. The predicted octanol–water partition coefficient (Wildman–Crippen LogP) is 2.70. The molecule has 1 aliphatic carbocycles. The fourth-order valence-corrected chi connectivity index (χ4v) is 2.82. The van der Waals surface area contributed by atoms with Crippen LogP contribution in [0.1, 0.15) is 37.4 Å². The lowest BCUT2D eigenvalue weighted by Gasteiger charge is -2.09. The van der Waals surface area contributed by atoms with Crippen molar-refractivity contribution in [1.29, 1.82) is 0 Å². The number of amides is 1. The number of nitrogens with one attached hydrogen (secondary N) is 1. The molecule has 1 saturated carbocycles. The van der Waals surface area contributed by atoms with Gasteiger partial charge in [0, 0.05) is 24.7 Å². The van der Waals surface area contributed by atoms with Gasteiger partial charge in [0.05, 0.1) is 5.69 Å². The second-order valence-corrected chi connectivity index (χ2v) is 5.73. The molecule has 19 heavy (non-hydrogen) atoms. The summed E-state index contributed by atoms with van der Waals surface area (Å²) in [6.45, 7) is 4.10. The van der Waals surface area contributed by atoms with Gasteiger partial charge in [-0.05, 0) is 38.2 Å². The Morgan fingerprint density at radius 3 is 2.79 bits per heavy atom. The number of carbonyl (C=O) groups is 1. The maximum Gasteiger partial charge on any atom is 0.244 e. The molecule has 1 aromatic heterocycles. The molecule has 104 valence electrons. The van der Waals surface area contributed by atoms with Crippen LogP contribution in [-0.2, 0) is 11.8 Å². The maximum atomic E-state index is 11.8. The maximum absolute atomic E-state index is 11.8. The molecule has 0 radical (unpaired) electrons. The smallest absolute Gasteiger partial charge is 0.244 e. The standard InChI is InChI=1S/C14H20ClN3O/c1-9-4-5-11(8-9)16-13(19)7-6-12-10(2)17-18(3)14(12)15/h6-7,9,11H,4-5,8H2,1-3H3,(H,16,19)/b7-6+. The fourth-order valence-electron chi connectivity index (χ4n) is 2.58. The minimum Gasteiger partial charge on any atom is -0.350 e. The van der Waals surface area contributed by atoms with Crippen LogP contribution < -0.4 is 5.32 Å². The molecule has 4 nitrogen and oxygen atoms in total. The number of halogens is 1. The molecule has 1 N–H and O–H groups in total. The number of rotatable bonds is 3. The zero-order valence-electron chi connectivity index (χ0n) is 11.6. The molecule has 0 aromatic carbocycles. The van der Waals surface area contributed by atoms with Crippen LogP contribution in [0.3, 0.4) is 0 Å². The fraction of sp³-hybridized carbons (Fsp3) is 0.571. The highest BCUT2D eigenvalue weighted by atomic mass is 35.5. The van der Waals surface area contributed by atoms with E-state index in [1.807, 2.05) is 6.92 Å². The summed E-state index contributed by atoms with van der Waals surface area (Å²) in [6, 6.07) is 0.317. The van der Waals surface area contributed by atoms with Gasteiger partial charge in [0.25, 0.3) is 0 Å². The predicted molar refractivity (Wildman–Crippen MR) is 76.9 cm³/mol. The molecule has 0 bridgehead atoms. The molecule has 0 spiro atoms. The molecule has 1 amide bonds. The SMILES string of the molecule is Cc1nn(C)c(Cl)c1/C=C/C(=O)NC1CCC(C)C1. The van der Waals surface area contributed by atoms with E-state index in [1.54, 1.807) is 23.9 Å². The molecule has 0 aliphatic heterocycles. The Kier molecular flexibility index (Phi) is 4.30. The Hall–Kier alpha value is -1.29. The van der Waals surface area contributed by atoms with Crippen molar-refractivity contribution in [1.82, 2.24) is 15.1 Å². The van der Waals surface area contributed by atoms with Crippen LogP contribution >= 0.6 is 11.6 Å². The van der Waals surface area contributed by atoms with Gasteiger partial charge in [-0.25, -0.2) is 0 Å². The number of hydrogen-bond donors (Lipinski definition) is 1. The van der Waals surface area contributed by atoms with Crippen LogP contribution in [0.25, 0.3) is 6.08 Å². The summed E-state index contributed by atoms with van der Waals surface area (Å²) in [4.78, 5) is 11.8. The Balaban J connectivity index is 1.96. The molecule has 5 heteroatoms. The highest BCUT2D eigenvalue weighted by Gasteiger charge is 2.21. The zero-order chi connectivity index (χ0) is 14.0. The van der Waals surface area contributed by atoms with Crippen LogP contribution in [-0.4, -0.2) is 21.7 Å². The molecule has 2 unspecified atom stereocenters. The summed E-state index contributed by atoms with van der Waals surface area (Å²) in [7, 11) is 1.78. The van der Waals surface area contributed by atoms with Gasteiger partial charge < -0.3 is 5.32 Å². The summed E-state index contributed by atoms with van der Waals surface area (Å²) < 4.78 is 1.60. The van der Waals surface area contributed by atoms with E-state index in [0.29, 0.717) is 17.1 Å². The first-order chi connectivity index (χ1) is 8.97. The topological polar surface area (TPSA) is 46.9 Å². The van der Waals surface area contributed by atoms with Gasteiger partial charge in [0.2, 0.25) is 5.91 Å². The van der Waals surface area contributed by atoms with Crippen LogP contribution in [0.5, 0.6) is 0 Å². The quantitative estimate of drug-likeness (QED) is 0.866. The van der Waals surface area contributed by atoms with Crippen LogP contribution in [0, 0.1) is 12.8 Å². The second kappa shape index (κ2) is 5.78. The van der Waals surface area contributed by atoms with Crippen LogP contribution in [0.4, 0.5) is 0 Å². The first-order valence-electron chi connectivity index (χ1n) is 6.65. The number of hydrogen-bond acceptors (Lipinski definition) is 2. The van der Waals surface area contributed by atoms with Gasteiger partial charge in [-0.3, -0.25) is 9.48 Å². The van der Waals surface area contributed by atoms with E-state index in [-0.39, 0.29) is 5.91 Å². The van der Waals surface area contributed by atoms with Crippen molar-refractivity contribution in [2.24, 2.45) is 13.0 Å². The van der Waals surface area contributed by atoms with Crippen molar-refractivity contribution in [2.75, 3.05) is 0 Å². The molecule has 2 rings (SSSR count). The third-order valence-corrected chi connectivity index (χ3v) is 4.09. The molecule has 1 aromatic rings. The Bertz CT molecular complexity index is 507. The van der Waals surface area contributed by atoms with Gasteiger partial charge in [-0.15, -0.1) is 0 Å². The highest BCUT2D eigenvalue weighted by molar-refractivity contribution is 6.31. The summed E-state index contributed by atoms with van der Waals surface area (Å²) >= 11 is 6.10. The average Bonchev–Trinajstić information content (AvgIpc) is 2.83. The molecular formula is C14H20ClN3O. The first kappa shape index (κ1) is 14.1. The van der Waals surface area contributed by atoms with E-state index in [1.165, 1.54) is 6.42 Å². The van der Waals surface area contributed by atoms with Gasteiger partial charge in [-0.2, -0.15) is 5.10 Å². The lowest BCUT2D eigenvalue weighted by molar-refractivity contribution is -0.117. The Morgan fingerprint density at radius 2 is 2.26 bits per heavy atom. The molecule has 0 saturated heterocycles. The van der Waals surface area contributed by atoms with E-state index >= 15 is 0 Å². The first-order valence-corrected chi connectivity index (χ1v) is 7.03. The van der Waals surface area contributed by atoms with Crippen molar-refractivity contribution in [2.45, 2.75) is 39.2 Å². The van der Waals surface area contributed by atoms with Gasteiger partial charge in [0.1, 0.15) is 5.15 Å². The van der Waals surface area contributed by atoms with Gasteiger partial charge in [-0.1, -0.05) is 18.5 Å². The van der Waals surface area contributed by atoms with Crippen molar-refractivity contribution in [3.8, 4) is 0 Å². The largest absolute Gasteiger partial charge is 0.350 e. The summed E-state index contributed by atoms with van der Waals surface area (Å²) in [5, 5.41) is 7.78. The minimum absolute atomic E-state index is 0.0570. The average molecular weight is 282 g/mol. The summed E-state index contributed by atoms with van der Waals surface area (Å²) in [5.74, 6) is 0.655. The Morgan fingerprint density at radius 1 is 1.53 bits per heavy atom. The van der Waals surface area contributed by atoms with E-state index in [2.05, 4.69) is 17.3 Å². The van der Waals surface area contributed by atoms with Crippen LogP contribution in [0.15, 0.2) is 6.08 Å². The number of aryl methyl sites for hydroxylation is 2. The number of carbonyl (C=O) groups excluding carboxylic acids is 1. The van der Waals surface area contributed by atoms with Crippen molar-refractivity contribution in [3.05, 3.63) is 22.5 Å². The molecule has 1 heterocycles. The van der Waals surface area contributed by atoms with E-state index < -0.39 is 0 Å². The summed E-state index contributed by atoms with van der Waals surface area (Å²) in [6.07, 6.45) is 6.62. The zero-order valence-corrected chi connectivity index (χ0v) is 12.4. The normalized spacial score (nSPS) is 23.2. The molecule has 1 fully saturated rings. The minimum atomic E-state index is -0.0570. The van der Waals surface area contributed by atoms with Crippen molar-refractivity contribution < 1.29 is 4.79 Å². The lowest BCUT2D eigenvalue weighted by Crippen LogP contribution is -2.31. The van der Waals surface area contributed by atoms with Crippen molar-refractivity contribution >= 4 is 23.6 Å². The molecule has 1 aliphatic rings. The Labute approximate surface area is 118 Å².